The Morgan fingerprint density at radius 1 is 1.12 bits per heavy atom. The van der Waals surface area contributed by atoms with Crippen LogP contribution in [-0.2, 0) is 0 Å². The van der Waals surface area contributed by atoms with Crippen molar-refractivity contribution >= 4 is 10.8 Å². The fourth-order valence-electron chi connectivity index (χ4n) is 2.03. The minimum atomic E-state index is -0.252. The Morgan fingerprint density at radius 3 is 2.88 bits per heavy atom. The number of aromatic nitrogens is 1. The molecule has 84 valence electrons. The van der Waals surface area contributed by atoms with Crippen LogP contribution in [0.3, 0.4) is 0 Å². The zero-order valence-corrected chi connectivity index (χ0v) is 9.21. The minimum absolute atomic E-state index is 0.252. The third-order valence-electron chi connectivity index (χ3n) is 2.90. The first-order valence-electron chi connectivity index (χ1n) is 5.48. The second-order valence-corrected chi connectivity index (χ2v) is 3.94. The lowest BCUT2D eigenvalue weighted by Gasteiger charge is -2.11. The largest absolute Gasteiger partial charge is 0.467 e. The van der Waals surface area contributed by atoms with Crippen molar-refractivity contribution in [2.45, 2.75) is 6.04 Å². The lowest BCUT2D eigenvalue weighted by molar-refractivity contribution is 0.490. The van der Waals surface area contributed by atoms with Gasteiger partial charge in [-0.25, -0.2) is 0 Å². The smallest absolute Gasteiger partial charge is 0.125 e. The highest BCUT2D eigenvalue weighted by molar-refractivity contribution is 5.85. The molecule has 0 saturated heterocycles. The Bertz CT molecular complexity index is 626. The average Bonchev–Trinajstić information content (AvgIpc) is 2.91. The number of nitrogens with two attached hydrogens (primary N) is 1. The highest BCUT2D eigenvalue weighted by atomic mass is 16.3. The molecule has 0 bridgehead atoms. The first-order valence-corrected chi connectivity index (χ1v) is 5.48. The number of furan rings is 1. The predicted octanol–water partition coefficient (Wildman–Crippen LogP) is 2.88. The van der Waals surface area contributed by atoms with E-state index >= 15 is 0 Å². The molecule has 0 spiro atoms. The summed E-state index contributed by atoms with van der Waals surface area (Å²) in [5.74, 6) is 0.765. The molecule has 1 aromatic carbocycles. The fourth-order valence-corrected chi connectivity index (χ4v) is 2.03. The molecule has 0 amide bonds. The summed E-state index contributed by atoms with van der Waals surface area (Å²) < 4.78 is 5.35. The Labute approximate surface area is 98.9 Å². The molecule has 3 nitrogen and oxygen atoms in total. The molecule has 3 heteroatoms. The van der Waals surface area contributed by atoms with Gasteiger partial charge in [-0.2, -0.15) is 0 Å². The van der Waals surface area contributed by atoms with Crippen molar-refractivity contribution in [1.29, 1.82) is 0 Å². The van der Waals surface area contributed by atoms with E-state index < -0.39 is 0 Å². The highest BCUT2D eigenvalue weighted by Crippen LogP contribution is 2.26. The Kier molecular flexibility index (Phi) is 2.38. The SMILES string of the molecule is NC(c1ccco1)c1cccc2ccncc12. The molecule has 0 saturated carbocycles. The van der Waals surface area contributed by atoms with Crippen LogP contribution in [0, 0.1) is 0 Å². The van der Waals surface area contributed by atoms with Gasteiger partial charge in [-0.05, 0) is 29.1 Å². The van der Waals surface area contributed by atoms with E-state index in [-0.39, 0.29) is 6.04 Å². The van der Waals surface area contributed by atoms with Gasteiger partial charge in [-0.15, -0.1) is 0 Å². The van der Waals surface area contributed by atoms with Gasteiger partial charge in [0, 0.05) is 17.8 Å². The second kappa shape index (κ2) is 4.03. The van der Waals surface area contributed by atoms with Gasteiger partial charge in [-0.3, -0.25) is 4.98 Å². The van der Waals surface area contributed by atoms with Gasteiger partial charge in [0.15, 0.2) is 0 Å². The lowest BCUT2D eigenvalue weighted by atomic mass is 9.99. The Hall–Kier alpha value is -2.13. The van der Waals surface area contributed by atoms with Gasteiger partial charge >= 0.3 is 0 Å². The Morgan fingerprint density at radius 2 is 2.06 bits per heavy atom. The quantitative estimate of drug-likeness (QED) is 0.728. The molecule has 3 rings (SSSR count). The van der Waals surface area contributed by atoms with Crippen LogP contribution in [0.5, 0.6) is 0 Å². The molecule has 3 aromatic rings. The van der Waals surface area contributed by atoms with E-state index in [1.165, 1.54) is 0 Å². The molecule has 2 aromatic heterocycles. The first-order chi connectivity index (χ1) is 8.36. The third kappa shape index (κ3) is 1.70. The average molecular weight is 224 g/mol. The maximum Gasteiger partial charge on any atom is 0.125 e. The molecule has 1 atom stereocenters. The normalized spacial score (nSPS) is 12.8. The van der Waals surface area contributed by atoms with Crippen molar-refractivity contribution in [2.24, 2.45) is 5.73 Å². The van der Waals surface area contributed by atoms with E-state index in [2.05, 4.69) is 11.1 Å². The van der Waals surface area contributed by atoms with Crippen LogP contribution >= 0.6 is 0 Å². The summed E-state index contributed by atoms with van der Waals surface area (Å²) in [5, 5.41) is 2.21. The van der Waals surface area contributed by atoms with Crippen LogP contribution in [0.2, 0.25) is 0 Å². The third-order valence-corrected chi connectivity index (χ3v) is 2.90. The first kappa shape index (κ1) is 10.1. The number of nitrogens with zero attached hydrogens (tertiary/aromatic N) is 1. The summed E-state index contributed by atoms with van der Waals surface area (Å²) in [7, 11) is 0. The number of hydrogen-bond acceptors (Lipinski definition) is 3. The zero-order valence-electron chi connectivity index (χ0n) is 9.21. The summed E-state index contributed by atoms with van der Waals surface area (Å²) in [6, 6.07) is 11.5. The topological polar surface area (TPSA) is 52.0 Å². The minimum Gasteiger partial charge on any atom is -0.467 e. The van der Waals surface area contributed by atoms with Gasteiger partial charge in [-0.1, -0.05) is 18.2 Å². The maximum atomic E-state index is 6.21. The van der Waals surface area contributed by atoms with Crippen molar-refractivity contribution < 1.29 is 4.42 Å². The molecule has 0 aliphatic carbocycles. The van der Waals surface area contributed by atoms with Crippen LogP contribution in [0.4, 0.5) is 0 Å². The summed E-state index contributed by atoms with van der Waals surface area (Å²) >= 11 is 0. The molecule has 2 heterocycles. The highest BCUT2D eigenvalue weighted by Gasteiger charge is 2.14. The van der Waals surface area contributed by atoms with E-state index in [0.29, 0.717) is 0 Å². The standard InChI is InChI=1S/C14H12N2O/c15-14(13-5-2-8-17-13)11-4-1-3-10-6-7-16-9-12(10)11/h1-9,14H,15H2. The number of rotatable bonds is 2. The maximum absolute atomic E-state index is 6.21. The summed E-state index contributed by atoms with van der Waals surface area (Å²) in [5.41, 5.74) is 7.24. The number of benzene rings is 1. The predicted molar refractivity (Wildman–Crippen MR) is 66.5 cm³/mol. The monoisotopic (exact) mass is 224 g/mol. The number of fused-ring (bicyclic) bond motifs is 1. The Balaban J connectivity index is 2.17. The van der Waals surface area contributed by atoms with Crippen molar-refractivity contribution in [3.05, 3.63) is 66.4 Å². The summed E-state index contributed by atoms with van der Waals surface area (Å²) in [6.45, 7) is 0. The number of hydrogen-bond donors (Lipinski definition) is 1. The van der Waals surface area contributed by atoms with Crippen LogP contribution in [0.25, 0.3) is 10.8 Å². The molecule has 0 fully saturated rings. The molecule has 0 radical (unpaired) electrons. The van der Waals surface area contributed by atoms with E-state index in [0.717, 1.165) is 22.1 Å². The van der Waals surface area contributed by atoms with Crippen molar-refractivity contribution in [3.8, 4) is 0 Å². The lowest BCUT2D eigenvalue weighted by Crippen LogP contribution is -2.11. The van der Waals surface area contributed by atoms with Crippen molar-refractivity contribution in [1.82, 2.24) is 4.98 Å². The summed E-state index contributed by atoms with van der Waals surface area (Å²) in [4.78, 5) is 4.15. The molecule has 1 unspecified atom stereocenters. The van der Waals surface area contributed by atoms with Gasteiger partial charge in [0.05, 0.1) is 12.3 Å². The van der Waals surface area contributed by atoms with Gasteiger partial charge in [0.25, 0.3) is 0 Å². The van der Waals surface area contributed by atoms with Gasteiger partial charge in [0.1, 0.15) is 5.76 Å². The number of pyridine rings is 1. The van der Waals surface area contributed by atoms with Crippen molar-refractivity contribution in [2.75, 3.05) is 0 Å². The molecular formula is C14H12N2O. The van der Waals surface area contributed by atoms with E-state index in [1.807, 2.05) is 36.5 Å². The van der Waals surface area contributed by atoms with E-state index in [4.69, 9.17) is 10.2 Å². The zero-order chi connectivity index (χ0) is 11.7. The molecule has 2 N–H and O–H groups in total. The van der Waals surface area contributed by atoms with Gasteiger partial charge in [0.2, 0.25) is 0 Å². The van der Waals surface area contributed by atoms with Crippen molar-refractivity contribution in [3.63, 3.8) is 0 Å². The summed E-state index contributed by atoms with van der Waals surface area (Å²) in [6.07, 6.45) is 5.26. The van der Waals surface area contributed by atoms with Crippen LogP contribution < -0.4 is 5.73 Å². The molecular weight excluding hydrogens is 212 g/mol. The van der Waals surface area contributed by atoms with E-state index in [9.17, 15) is 0 Å². The fraction of sp³-hybridized carbons (Fsp3) is 0.0714. The van der Waals surface area contributed by atoms with Gasteiger partial charge < -0.3 is 10.2 Å². The molecule has 0 aliphatic heterocycles. The molecule has 0 aliphatic rings. The molecule has 17 heavy (non-hydrogen) atoms. The van der Waals surface area contributed by atoms with Crippen LogP contribution in [-0.4, -0.2) is 4.98 Å². The second-order valence-electron chi connectivity index (χ2n) is 3.94. The van der Waals surface area contributed by atoms with Crippen LogP contribution in [0.15, 0.2) is 59.5 Å². The van der Waals surface area contributed by atoms with Crippen LogP contribution in [0.1, 0.15) is 17.4 Å². The van der Waals surface area contributed by atoms with E-state index in [1.54, 1.807) is 12.5 Å².